The lowest BCUT2D eigenvalue weighted by atomic mass is 10.1. The van der Waals surface area contributed by atoms with Crippen molar-refractivity contribution in [3.63, 3.8) is 0 Å². The maximum Gasteiger partial charge on any atom is 0.286 e. The van der Waals surface area contributed by atoms with Gasteiger partial charge >= 0.3 is 0 Å². The predicted molar refractivity (Wildman–Crippen MR) is 274 cm³/mol. The van der Waals surface area contributed by atoms with Gasteiger partial charge in [0, 0.05) is 23.3 Å². The average Bonchev–Trinajstić information content (AvgIpc) is 3.90. The lowest BCUT2D eigenvalue weighted by molar-refractivity contribution is -0.511. The lowest BCUT2D eigenvalue weighted by Crippen LogP contribution is -2.19. The Morgan fingerprint density at radius 2 is 0.878 bits per heavy atom. The van der Waals surface area contributed by atoms with Crippen LogP contribution in [0, 0.1) is 13.8 Å². The van der Waals surface area contributed by atoms with Crippen molar-refractivity contribution >= 4 is 55.8 Å². The van der Waals surface area contributed by atoms with Crippen LogP contribution >= 0.6 is 0 Å². The number of nitrogens with one attached hydrogen (secondary N) is 2. The Bertz CT molecular complexity index is 3430. The van der Waals surface area contributed by atoms with E-state index in [-0.39, 0.29) is 9.79 Å². The molecule has 18 nitrogen and oxygen atoms in total. The molecule has 0 aliphatic heterocycles. The van der Waals surface area contributed by atoms with Gasteiger partial charge in [-0.15, -0.1) is 0 Å². The van der Waals surface area contributed by atoms with Crippen LogP contribution in [0.1, 0.15) is 54.4 Å². The van der Waals surface area contributed by atoms with E-state index in [1.807, 2.05) is 126 Å². The minimum absolute atomic E-state index is 0.178. The van der Waals surface area contributed by atoms with E-state index in [1.165, 1.54) is 24.3 Å². The first-order valence-corrected chi connectivity index (χ1v) is 25.4. The number of fused-ring (bicyclic) bond motifs is 2. The number of aryl methyl sites for hydroxylation is 4. The number of hydrogen-bond acceptors (Lipinski definition) is 12. The van der Waals surface area contributed by atoms with Gasteiger partial charge in [0.05, 0.1) is 48.7 Å². The average molecular weight is 1040 g/mol. The van der Waals surface area contributed by atoms with Crippen LogP contribution in [0.4, 0.5) is 0 Å². The minimum atomic E-state index is -4.27. The van der Waals surface area contributed by atoms with Crippen LogP contribution in [0.3, 0.4) is 0 Å². The zero-order chi connectivity index (χ0) is 52.8. The van der Waals surface area contributed by atoms with Crippen LogP contribution in [0.2, 0.25) is 0 Å². The number of rotatable bonds is 14. The second-order valence-electron chi connectivity index (χ2n) is 16.5. The van der Waals surface area contributed by atoms with Crippen molar-refractivity contribution in [2.24, 2.45) is 24.3 Å². The van der Waals surface area contributed by atoms with Gasteiger partial charge < -0.3 is 18.6 Å². The summed E-state index contributed by atoms with van der Waals surface area (Å²) in [5.74, 6) is 0.632. The molecule has 0 bridgehead atoms. The third kappa shape index (κ3) is 14.6. The highest BCUT2D eigenvalue weighted by Gasteiger charge is 2.15. The molecule has 0 aliphatic carbocycles. The van der Waals surface area contributed by atoms with Gasteiger partial charge in [-0.05, 0) is 134 Å². The van der Waals surface area contributed by atoms with Crippen molar-refractivity contribution in [3.8, 4) is 11.5 Å². The van der Waals surface area contributed by atoms with Gasteiger partial charge in [0.25, 0.3) is 23.1 Å². The van der Waals surface area contributed by atoms with E-state index in [1.54, 1.807) is 61.0 Å². The molecule has 0 saturated carbocycles. The number of pyridine rings is 2. The Balaban J connectivity index is 0.000000299. The molecule has 4 aromatic heterocycles. The molecule has 0 atom stereocenters. The maximum atomic E-state index is 12.6. The number of carbonyl (C=O) groups excluding carboxylic acids is 2. The molecule has 4 heterocycles. The summed E-state index contributed by atoms with van der Waals surface area (Å²) < 4.78 is 82.6. The highest BCUT2D eigenvalue weighted by Crippen LogP contribution is 2.16. The molecular weight excluding hydrogens is 985 g/mol. The molecule has 5 aromatic carbocycles. The number of imidazole rings is 2. The zero-order valence-electron chi connectivity index (χ0n) is 40.5. The normalized spacial score (nSPS) is 11.4. The summed E-state index contributed by atoms with van der Waals surface area (Å²) in [4.78, 5) is 24.9. The van der Waals surface area contributed by atoms with E-state index < -0.39 is 32.1 Å². The summed E-state index contributed by atoms with van der Waals surface area (Å²) in [6.45, 7) is 4.49. The van der Waals surface area contributed by atoms with Crippen LogP contribution in [0.15, 0.2) is 203 Å². The van der Waals surface area contributed by atoms with Gasteiger partial charge in [0.1, 0.15) is 44.1 Å². The Labute approximate surface area is 427 Å². The van der Waals surface area contributed by atoms with Gasteiger partial charge in [0.2, 0.25) is 0 Å². The van der Waals surface area contributed by atoms with E-state index in [0.717, 1.165) is 56.4 Å². The Hall–Kier alpha value is -8.82. The third-order valence-electron chi connectivity index (χ3n) is 11.2. The molecule has 0 spiro atoms. The van der Waals surface area contributed by atoms with E-state index in [2.05, 4.69) is 51.1 Å². The molecule has 20 heteroatoms. The molecule has 2 amide bonds. The van der Waals surface area contributed by atoms with E-state index in [4.69, 9.17) is 9.47 Å². The molecular formula is C54H50N8O10S2. The summed E-state index contributed by atoms with van der Waals surface area (Å²) in [5.41, 5.74) is 13.4. The van der Waals surface area contributed by atoms with Gasteiger partial charge in [-0.2, -0.15) is 10.2 Å². The molecule has 74 heavy (non-hydrogen) atoms. The number of aromatic nitrogens is 4. The summed E-state index contributed by atoms with van der Waals surface area (Å²) in [5, 5.41) is 8.13. The second-order valence-corrected chi connectivity index (χ2v) is 19.3. The molecule has 0 radical (unpaired) electrons. The van der Waals surface area contributed by atoms with E-state index in [0.29, 0.717) is 24.3 Å². The number of hydrazone groups is 2. The van der Waals surface area contributed by atoms with Gasteiger partial charge in [-0.3, -0.25) is 9.59 Å². The minimum Gasteiger partial charge on any atom is -0.744 e. The Kier molecular flexibility index (Phi) is 17.2. The van der Waals surface area contributed by atoms with Gasteiger partial charge in [0.15, 0.2) is 24.6 Å². The SMILES string of the molecule is Cc1ccc(S(=O)(=O)[O-])cc1.Cc1ccc(S(=O)(=O)[O-])cc1.Cn1c(COc2ccc(/C=N/NC(=O)c3ccc(C(=O)N/N=C/c4ccc(OCc5c[n+]6ccccc6n5C)cc4)cc3)cc2)c[n+]2ccccc12. The molecule has 378 valence electrons. The van der Waals surface area contributed by atoms with Crippen LogP contribution in [-0.4, -0.2) is 59.3 Å². The van der Waals surface area contributed by atoms with Crippen molar-refractivity contribution in [1.29, 1.82) is 0 Å². The topological polar surface area (TPSA) is 234 Å². The van der Waals surface area contributed by atoms with Gasteiger partial charge in [-0.25, -0.2) is 45.6 Å². The molecule has 0 saturated heterocycles. The molecule has 9 aromatic rings. The van der Waals surface area contributed by atoms with Crippen LogP contribution < -0.4 is 29.1 Å². The third-order valence-corrected chi connectivity index (χ3v) is 12.9. The number of carbonyl (C=O) groups is 2. The number of ether oxygens (including phenoxy) is 2. The van der Waals surface area contributed by atoms with Crippen molar-refractivity contribution in [2.75, 3.05) is 0 Å². The summed E-state index contributed by atoms with van der Waals surface area (Å²) in [7, 11) is -4.52. The second kappa shape index (κ2) is 24.1. The number of benzene rings is 5. The molecule has 2 N–H and O–H groups in total. The quantitative estimate of drug-likeness (QED) is 0.0532. The summed E-state index contributed by atoms with van der Waals surface area (Å²) in [6, 6.07) is 44.7. The summed E-state index contributed by atoms with van der Waals surface area (Å²) in [6.07, 6.45) is 11.2. The largest absolute Gasteiger partial charge is 0.744 e. The standard InChI is InChI=1S/C40H34N8O4.2C7H8O3S/c1-45-33(25-47-21-5-3-7-37(45)47)27-51-35-17-9-29(10-18-35)23-41-43-39(49)31-13-15-32(16-14-31)40(50)44-42-24-30-11-19-36(20-12-30)52-28-34-26-48-22-6-4-8-38(48)46(34)2;2*1-6-2-4-7(5-3-6)11(8,9)10/h3-26H,27-28H2,1-2H3;2*2-5H,1H3,(H,8,9,10)/b41-23+,42-24+;;. The number of hydrogen-bond donors (Lipinski definition) is 2. The summed E-state index contributed by atoms with van der Waals surface area (Å²) >= 11 is 0. The van der Waals surface area contributed by atoms with E-state index >= 15 is 0 Å². The van der Waals surface area contributed by atoms with Crippen LogP contribution in [0.5, 0.6) is 11.5 Å². The lowest BCUT2D eigenvalue weighted by Gasteiger charge is -2.05. The first-order chi connectivity index (χ1) is 35.4. The highest BCUT2D eigenvalue weighted by molar-refractivity contribution is 7.86. The van der Waals surface area contributed by atoms with Crippen LogP contribution in [-0.2, 0) is 47.5 Å². The first kappa shape index (κ1) is 53.0. The fourth-order valence-corrected chi connectivity index (χ4v) is 7.93. The monoisotopic (exact) mass is 1030 g/mol. The number of nitrogens with zero attached hydrogens (tertiary/aromatic N) is 6. The van der Waals surface area contributed by atoms with Crippen molar-refractivity contribution < 1.29 is 53.8 Å². The smallest absolute Gasteiger partial charge is 0.286 e. The molecule has 0 unspecified atom stereocenters. The van der Waals surface area contributed by atoms with Gasteiger partial charge in [-0.1, -0.05) is 47.5 Å². The van der Waals surface area contributed by atoms with Crippen molar-refractivity contribution in [1.82, 2.24) is 20.0 Å². The van der Waals surface area contributed by atoms with Crippen molar-refractivity contribution in [2.45, 2.75) is 36.9 Å². The zero-order valence-corrected chi connectivity index (χ0v) is 42.1. The first-order valence-electron chi connectivity index (χ1n) is 22.6. The Morgan fingerprint density at radius 3 is 1.20 bits per heavy atom. The highest BCUT2D eigenvalue weighted by atomic mass is 32.2. The molecule has 9 rings (SSSR count). The Morgan fingerprint density at radius 1 is 0.527 bits per heavy atom. The fourth-order valence-electron chi connectivity index (χ4n) is 7.00. The molecule has 0 aliphatic rings. The van der Waals surface area contributed by atoms with E-state index in [9.17, 15) is 35.5 Å². The molecule has 0 fully saturated rings. The van der Waals surface area contributed by atoms with Crippen LogP contribution in [0.25, 0.3) is 11.3 Å². The number of amides is 2. The fraction of sp³-hybridized carbons (Fsp3) is 0.111. The predicted octanol–water partition coefficient (Wildman–Crippen LogP) is 6.33. The van der Waals surface area contributed by atoms with Crippen molar-refractivity contribution in [3.05, 3.63) is 227 Å². The maximum absolute atomic E-state index is 12.6.